The van der Waals surface area contributed by atoms with Crippen LogP contribution in [-0.2, 0) is 10.0 Å². The molecule has 0 unspecified atom stereocenters. The van der Waals surface area contributed by atoms with Crippen molar-refractivity contribution in [3.8, 4) is 11.5 Å². The summed E-state index contributed by atoms with van der Waals surface area (Å²) in [6.45, 7) is 4.63. The first-order valence-electron chi connectivity index (χ1n) is 9.46. The lowest BCUT2D eigenvalue weighted by atomic mass is 10.2. The number of hydrogen-bond acceptors (Lipinski definition) is 7. The molecular weight excluding hydrogens is 483 g/mol. The van der Waals surface area contributed by atoms with Gasteiger partial charge in [-0.15, -0.1) is 16.4 Å². The lowest BCUT2D eigenvalue weighted by Crippen LogP contribution is -2.31. The Morgan fingerprint density at radius 3 is 2.48 bits per heavy atom. The summed E-state index contributed by atoms with van der Waals surface area (Å²) in [4.78, 5) is 12.6. The molecule has 0 bridgehead atoms. The third-order valence-electron chi connectivity index (χ3n) is 4.40. The van der Waals surface area contributed by atoms with Crippen LogP contribution in [0.5, 0.6) is 0 Å². The Morgan fingerprint density at radius 1 is 1.19 bits per heavy atom. The van der Waals surface area contributed by atoms with Gasteiger partial charge in [0, 0.05) is 18.7 Å². The summed E-state index contributed by atoms with van der Waals surface area (Å²) in [6, 6.07) is 7.15. The smallest absolute Gasteiger partial charge is 0.322 e. The standard InChI is InChI=1S/C19H20Cl2N4O4S2/c1-3-5-10-25(4-2)31(27,28)13-8-6-12(7-9-13)17(26)22-19-24-23-18(29-19)14-11-15(20)30-16(14)21/h6-9,11H,3-5,10H2,1-2H3,(H,22,24,26). The van der Waals surface area contributed by atoms with Crippen LogP contribution in [0.15, 0.2) is 39.6 Å². The summed E-state index contributed by atoms with van der Waals surface area (Å²) in [5.41, 5.74) is 0.717. The lowest BCUT2D eigenvalue weighted by molar-refractivity contribution is 0.102. The minimum Gasteiger partial charge on any atom is -0.403 e. The van der Waals surface area contributed by atoms with Gasteiger partial charge < -0.3 is 4.42 Å². The van der Waals surface area contributed by atoms with Gasteiger partial charge in [0.15, 0.2) is 0 Å². The number of nitrogens with one attached hydrogen (secondary N) is 1. The number of amides is 1. The molecule has 0 atom stereocenters. The van der Waals surface area contributed by atoms with E-state index in [0.717, 1.165) is 24.2 Å². The minimum atomic E-state index is -3.62. The van der Waals surface area contributed by atoms with Gasteiger partial charge in [-0.2, -0.15) is 4.31 Å². The van der Waals surface area contributed by atoms with E-state index in [1.807, 2.05) is 6.92 Å². The van der Waals surface area contributed by atoms with E-state index in [-0.39, 0.29) is 22.4 Å². The Hall–Kier alpha value is -1.98. The average Bonchev–Trinajstić information content (AvgIpc) is 3.33. The predicted molar refractivity (Wildman–Crippen MR) is 121 cm³/mol. The van der Waals surface area contributed by atoms with Crippen molar-refractivity contribution in [1.29, 1.82) is 0 Å². The van der Waals surface area contributed by atoms with Crippen molar-refractivity contribution < 1.29 is 17.6 Å². The maximum absolute atomic E-state index is 12.8. The number of nitrogens with zero attached hydrogens (tertiary/aromatic N) is 3. The number of halogens is 2. The van der Waals surface area contributed by atoms with Crippen LogP contribution in [0.4, 0.5) is 6.01 Å². The number of aromatic nitrogens is 2. The summed E-state index contributed by atoms with van der Waals surface area (Å²) in [5, 5.41) is 10.1. The number of carbonyl (C=O) groups is 1. The van der Waals surface area contributed by atoms with E-state index < -0.39 is 15.9 Å². The third-order valence-corrected chi connectivity index (χ3v) is 7.88. The summed E-state index contributed by atoms with van der Waals surface area (Å²) in [6.07, 6.45) is 1.68. The van der Waals surface area contributed by atoms with Gasteiger partial charge in [-0.3, -0.25) is 10.1 Å². The SMILES string of the molecule is CCCCN(CC)S(=O)(=O)c1ccc(C(=O)Nc2nnc(-c3cc(Cl)sc3Cl)o2)cc1. The Labute approximate surface area is 194 Å². The molecule has 31 heavy (non-hydrogen) atoms. The van der Waals surface area contributed by atoms with Crippen LogP contribution < -0.4 is 5.32 Å². The number of anilines is 1. The van der Waals surface area contributed by atoms with E-state index in [9.17, 15) is 13.2 Å². The second-order valence-corrected chi connectivity index (χ2v) is 10.7. The van der Waals surface area contributed by atoms with Gasteiger partial charge in [0.25, 0.3) is 11.8 Å². The summed E-state index contributed by atoms with van der Waals surface area (Å²) in [5.74, 6) is -0.399. The van der Waals surface area contributed by atoms with Crippen molar-refractivity contribution in [2.45, 2.75) is 31.6 Å². The van der Waals surface area contributed by atoms with Crippen LogP contribution in [0.1, 0.15) is 37.0 Å². The molecule has 8 nitrogen and oxygen atoms in total. The van der Waals surface area contributed by atoms with Crippen molar-refractivity contribution in [2.75, 3.05) is 18.4 Å². The van der Waals surface area contributed by atoms with Crippen molar-refractivity contribution in [3.05, 3.63) is 44.6 Å². The van der Waals surface area contributed by atoms with Crippen LogP contribution in [0.3, 0.4) is 0 Å². The average molecular weight is 503 g/mol. The Morgan fingerprint density at radius 2 is 1.90 bits per heavy atom. The van der Waals surface area contributed by atoms with Crippen LogP contribution in [0.25, 0.3) is 11.5 Å². The lowest BCUT2D eigenvalue weighted by Gasteiger charge is -2.20. The molecule has 0 saturated heterocycles. The molecule has 12 heteroatoms. The van der Waals surface area contributed by atoms with E-state index in [4.69, 9.17) is 27.6 Å². The first kappa shape index (κ1) is 23.7. The van der Waals surface area contributed by atoms with Crippen molar-refractivity contribution in [1.82, 2.24) is 14.5 Å². The van der Waals surface area contributed by atoms with Crippen molar-refractivity contribution in [2.24, 2.45) is 0 Å². The van der Waals surface area contributed by atoms with E-state index in [2.05, 4.69) is 15.5 Å². The summed E-state index contributed by atoms with van der Waals surface area (Å²) in [7, 11) is -3.62. The van der Waals surface area contributed by atoms with E-state index in [0.29, 0.717) is 27.3 Å². The largest absolute Gasteiger partial charge is 0.403 e. The number of sulfonamides is 1. The molecule has 3 rings (SSSR count). The van der Waals surface area contributed by atoms with Gasteiger partial charge in [0.1, 0.15) is 4.34 Å². The number of benzene rings is 1. The van der Waals surface area contributed by atoms with Gasteiger partial charge in [-0.1, -0.05) is 48.6 Å². The summed E-state index contributed by atoms with van der Waals surface area (Å²) >= 11 is 13.1. The molecule has 1 N–H and O–H groups in total. The Balaban J connectivity index is 1.72. The first-order chi connectivity index (χ1) is 14.8. The van der Waals surface area contributed by atoms with E-state index in [1.54, 1.807) is 13.0 Å². The minimum absolute atomic E-state index is 0.119. The maximum Gasteiger partial charge on any atom is 0.322 e. The molecule has 0 spiro atoms. The topological polar surface area (TPSA) is 105 Å². The highest BCUT2D eigenvalue weighted by molar-refractivity contribution is 7.89. The highest BCUT2D eigenvalue weighted by Crippen LogP contribution is 2.37. The number of thiophene rings is 1. The fourth-order valence-electron chi connectivity index (χ4n) is 2.75. The van der Waals surface area contributed by atoms with Crippen molar-refractivity contribution >= 4 is 56.5 Å². The third kappa shape index (κ3) is 5.45. The monoisotopic (exact) mass is 502 g/mol. The van der Waals surface area contributed by atoms with Crippen LogP contribution in [0, 0.1) is 0 Å². The molecule has 0 radical (unpaired) electrons. The molecule has 0 aliphatic heterocycles. The Kier molecular flexibility index (Phi) is 7.71. The van der Waals surface area contributed by atoms with Crippen LogP contribution >= 0.6 is 34.5 Å². The molecule has 1 aromatic carbocycles. The number of rotatable bonds is 9. The Bertz CT molecular complexity index is 1160. The normalized spacial score (nSPS) is 11.8. The second-order valence-electron chi connectivity index (χ2n) is 6.48. The van der Waals surface area contributed by atoms with E-state index in [1.165, 1.54) is 28.6 Å². The molecule has 166 valence electrons. The van der Waals surface area contributed by atoms with E-state index >= 15 is 0 Å². The van der Waals surface area contributed by atoms with Gasteiger partial charge in [-0.25, -0.2) is 8.42 Å². The molecule has 0 aliphatic carbocycles. The molecule has 0 saturated carbocycles. The molecule has 1 amide bonds. The predicted octanol–water partition coefficient (Wildman–Crippen LogP) is 5.17. The molecule has 2 heterocycles. The highest BCUT2D eigenvalue weighted by atomic mass is 35.5. The van der Waals surface area contributed by atoms with Gasteiger partial charge in [0.05, 0.1) is 14.8 Å². The number of unbranched alkanes of at least 4 members (excludes halogenated alkanes) is 1. The number of hydrogen-bond donors (Lipinski definition) is 1. The second kappa shape index (κ2) is 10.1. The van der Waals surface area contributed by atoms with Crippen LogP contribution in [0.2, 0.25) is 8.67 Å². The molecule has 0 aliphatic rings. The first-order valence-corrected chi connectivity index (χ1v) is 12.5. The quantitative estimate of drug-likeness (QED) is 0.432. The molecule has 2 aromatic heterocycles. The molecule has 0 fully saturated rings. The van der Waals surface area contributed by atoms with Crippen molar-refractivity contribution in [3.63, 3.8) is 0 Å². The maximum atomic E-state index is 12.8. The van der Waals surface area contributed by atoms with Crippen LogP contribution in [-0.4, -0.2) is 41.9 Å². The zero-order valence-electron chi connectivity index (χ0n) is 16.8. The zero-order chi connectivity index (χ0) is 22.6. The highest BCUT2D eigenvalue weighted by Gasteiger charge is 2.23. The van der Waals surface area contributed by atoms with Gasteiger partial charge in [0.2, 0.25) is 10.0 Å². The fraction of sp³-hybridized carbons (Fsp3) is 0.316. The molecule has 3 aromatic rings. The van der Waals surface area contributed by atoms with Gasteiger partial charge in [-0.05, 0) is 36.8 Å². The number of carbonyl (C=O) groups excluding carboxylic acids is 1. The summed E-state index contributed by atoms with van der Waals surface area (Å²) < 4.78 is 33.3. The molecular formula is C19H20Cl2N4O4S2. The van der Waals surface area contributed by atoms with Gasteiger partial charge >= 0.3 is 6.01 Å². The fourth-order valence-corrected chi connectivity index (χ4v) is 5.68. The zero-order valence-corrected chi connectivity index (χ0v) is 19.9.